The van der Waals surface area contributed by atoms with Gasteiger partial charge in [0.15, 0.2) is 18.1 Å². The summed E-state index contributed by atoms with van der Waals surface area (Å²) in [7, 11) is 1.56. The van der Waals surface area contributed by atoms with Gasteiger partial charge in [0, 0.05) is 17.9 Å². The van der Waals surface area contributed by atoms with E-state index in [-0.39, 0.29) is 12.5 Å². The number of ether oxygens (including phenoxy) is 3. The molecule has 0 fully saturated rings. The molecule has 0 aliphatic heterocycles. The van der Waals surface area contributed by atoms with Crippen LogP contribution < -0.4 is 24.8 Å². The van der Waals surface area contributed by atoms with E-state index in [1.165, 1.54) is 0 Å². The Balaban J connectivity index is 1.29. The standard InChI is InChI=1S/C28H24Cl2N2O4/c1-34-27-15-19(17-31-20-8-11-23(12-9-20)36-22-5-3-2-4-6-22)7-14-26(27)35-18-28(33)32-21-10-13-24(29)25(30)16-21/h2-16,31H,17-18H2,1H3,(H,32,33). The number of anilines is 2. The molecule has 0 saturated heterocycles. The fourth-order valence-electron chi connectivity index (χ4n) is 3.33. The van der Waals surface area contributed by atoms with Crippen LogP contribution in [0.1, 0.15) is 5.56 Å². The highest BCUT2D eigenvalue weighted by Crippen LogP contribution is 2.29. The molecule has 36 heavy (non-hydrogen) atoms. The van der Waals surface area contributed by atoms with Gasteiger partial charge < -0.3 is 24.8 Å². The number of hydrogen-bond acceptors (Lipinski definition) is 5. The van der Waals surface area contributed by atoms with Gasteiger partial charge in [-0.1, -0.05) is 47.5 Å². The van der Waals surface area contributed by atoms with Crippen LogP contribution >= 0.6 is 23.2 Å². The number of methoxy groups -OCH3 is 1. The quantitative estimate of drug-likeness (QED) is 0.226. The normalized spacial score (nSPS) is 10.4. The maximum absolute atomic E-state index is 12.3. The Kier molecular flexibility index (Phi) is 8.55. The minimum atomic E-state index is -0.333. The van der Waals surface area contributed by atoms with E-state index in [1.807, 2.05) is 66.7 Å². The van der Waals surface area contributed by atoms with Crippen LogP contribution in [-0.2, 0) is 11.3 Å². The molecule has 2 N–H and O–H groups in total. The lowest BCUT2D eigenvalue weighted by atomic mass is 10.2. The maximum Gasteiger partial charge on any atom is 0.262 e. The van der Waals surface area contributed by atoms with Crippen molar-refractivity contribution >= 4 is 40.5 Å². The van der Waals surface area contributed by atoms with Crippen molar-refractivity contribution in [2.75, 3.05) is 24.4 Å². The Morgan fingerprint density at radius 3 is 2.22 bits per heavy atom. The summed E-state index contributed by atoms with van der Waals surface area (Å²) in [6, 6.07) is 27.8. The average Bonchev–Trinajstić information content (AvgIpc) is 2.90. The van der Waals surface area contributed by atoms with E-state index in [0.717, 1.165) is 22.7 Å². The second-order valence-corrected chi connectivity index (χ2v) is 8.56. The highest BCUT2D eigenvalue weighted by molar-refractivity contribution is 6.42. The van der Waals surface area contributed by atoms with E-state index in [1.54, 1.807) is 31.4 Å². The molecule has 6 nitrogen and oxygen atoms in total. The zero-order valence-electron chi connectivity index (χ0n) is 19.5. The number of carbonyl (C=O) groups excluding carboxylic acids is 1. The summed E-state index contributed by atoms with van der Waals surface area (Å²) >= 11 is 11.9. The van der Waals surface area contributed by atoms with Crippen LogP contribution in [0.15, 0.2) is 91.0 Å². The number of benzene rings is 4. The van der Waals surface area contributed by atoms with Crippen molar-refractivity contribution in [1.82, 2.24) is 0 Å². The second-order valence-electron chi connectivity index (χ2n) is 7.74. The number of amides is 1. The molecule has 8 heteroatoms. The van der Waals surface area contributed by atoms with Gasteiger partial charge in [0.1, 0.15) is 11.5 Å². The molecule has 1 amide bonds. The lowest BCUT2D eigenvalue weighted by Gasteiger charge is -2.13. The van der Waals surface area contributed by atoms with Crippen molar-refractivity contribution in [2.45, 2.75) is 6.54 Å². The third kappa shape index (κ3) is 7.07. The fraction of sp³-hybridized carbons (Fsp3) is 0.107. The topological polar surface area (TPSA) is 68.8 Å². The number of halogens is 2. The Morgan fingerprint density at radius 2 is 1.50 bits per heavy atom. The maximum atomic E-state index is 12.3. The lowest BCUT2D eigenvalue weighted by molar-refractivity contribution is -0.118. The lowest BCUT2D eigenvalue weighted by Crippen LogP contribution is -2.20. The summed E-state index contributed by atoms with van der Waals surface area (Å²) in [6.45, 7) is 0.388. The molecule has 0 bridgehead atoms. The number of hydrogen-bond donors (Lipinski definition) is 2. The van der Waals surface area contributed by atoms with E-state index in [0.29, 0.717) is 33.8 Å². The van der Waals surface area contributed by atoms with Gasteiger partial charge in [0.05, 0.1) is 17.2 Å². The predicted octanol–water partition coefficient (Wildman–Crippen LogP) is 7.42. The van der Waals surface area contributed by atoms with Crippen molar-refractivity contribution in [3.8, 4) is 23.0 Å². The molecule has 4 aromatic rings. The highest BCUT2D eigenvalue weighted by Gasteiger charge is 2.10. The van der Waals surface area contributed by atoms with Crippen molar-refractivity contribution in [3.05, 3.63) is 107 Å². The van der Waals surface area contributed by atoms with Crippen LogP contribution in [0.3, 0.4) is 0 Å². The van der Waals surface area contributed by atoms with Crippen LogP contribution in [0.5, 0.6) is 23.0 Å². The molecule has 0 saturated carbocycles. The van der Waals surface area contributed by atoms with Gasteiger partial charge in [-0.2, -0.15) is 0 Å². The molecule has 0 radical (unpaired) electrons. The molecule has 0 unspecified atom stereocenters. The molecular formula is C28H24Cl2N2O4. The Hall–Kier alpha value is -3.87. The summed E-state index contributed by atoms with van der Waals surface area (Å²) in [5, 5.41) is 6.87. The number of rotatable bonds is 10. The van der Waals surface area contributed by atoms with Gasteiger partial charge in [0.2, 0.25) is 0 Å². The summed E-state index contributed by atoms with van der Waals surface area (Å²) in [4.78, 5) is 12.3. The van der Waals surface area contributed by atoms with Crippen molar-refractivity contribution in [2.24, 2.45) is 0 Å². The van der Waals surface area contributed by atoms with Crippen molar-refractivity contribution in [1.29, 1.82) is 0 Å². The molecule has 0 aliphatic rings. The highest BCUT2D eigenvalue weighted by atomic mass is 35.5. The van der Waals surface area contributed by atoms with E-state index in [9.17, 15) is 4.79 Å². The van der Waals surface area contributed by atoms with Crippen LogP contribution in [0.25, 0.3) is 0 Å². The van der Waals surface area contributed by atoms with E-state index >= 15 is 0 Å². The van der Waals surface area contributed by atoms with Gasteiger partial charge in [-0.05, 0) is 72.3 Å². The minimum Gasteiger partial charge on any atom is -0.493 e. The summed E-state index contributed by atoms with van der Waals surface area (Å²) in [6.07, 6.45) is 0. The van der Waals surface area contributed by atoms with E-state index < -0.39 is 0 Å². The molecule has 0 aliphatic carbocycles. The van der Waals surface area contributed by atoms with Crippen LogP contribution in [-0.4, -0.2) is 19.6 Å². The molecule has 0 aromatic heterocycles. The number of para-hydroxylation sites is 1. The SMILES string of the molecule is COc1cc(CNc2ccc(Oc3ccccc3)cc2)ccc1OCC(=O)Nc1ccc(Cl)c(Cl)c1. The van der Waals surface area contributed by atoms with Gasteiger partial charge in [0.25, 0.3) is 5.91 Å². The van der Waals surface area contributed by atoms with Gasteiger partial charge in [-0.3, -0.25) is 4.79 Å². The number of nitrogens with one attached hydrogen (secondary N) is 2. The third-order valence-electron chi connectivity index (χ3n) is 5.12. The first kappa shape index (κ1) is 25.2. The smallest absolute Gasteiger partial charge is 0.262 e. The zero-order chi connectivity index (χ0) is 25.3. The summed E-state index contributed by atoms with van der Waals surface area (Å²) < 4.78 is 16.9. The van der Waals surface area contributed by atoms with Crippen molar-refractivity contribution in [3.63, 3.8) is 0 Å². The largest absolute Gasteiger partial charge is 0.493 e. The third-order valence-corrected chi connectivity index (χ3v) is 5.86. The van der Waals surface area contributed by atoms with Crippen LogP contribution in [0, 0.1) is 0 Å². The number of carbonyl (C=O) groups is 1. The first-order valence-electron chi connectivity index (χ1n) is 11.1. The van der Waals surface area contributed by atoms with E-state index in [2.05, 4.69) is 10.6 Å². The van der Waals surface area contributed by atoms with Crippen LogP contribution in [0.4, 0.5) is 11.4 Å². The van der Waals surface area contributed by atoms with Gasteiger partial charge in [-0.15, -0.1) is 0 Å². The second kappa shape index (κ2) is 12.2. The fourth-order valence-corrected chi connectivity index (χ4v) is 3.62. The van der Waals surface area contributed by atoms with Crippen molar-refractivity contribution < 1.29 is 19.0 Å². The molecule has 4 rings (SSSR count). The predicted molar refractivity (Wildman–Crippen MR) is 144 cm³/mol. The molecule has 4 aromatic carbocycles. The molecule has 0 spiro atoms. The first-order chi connectivity index (χ1) is 17.5. The van der Waals surface area contributed by atoms with Crippen LogP contribution in [0.2, 0.25) is 10.0 Å². The molecule has 0 heterocycles. The Morgan fingerprint density at radius 1 is 0.778 bits per heavy atom. The molecule has 184 valence electrons. The summed E-state index contributed by atoms with van der Waals surface area (Å²) in [5.74, 6) is 2.22. The molecular weight excluding hydrogens is 499 g/mol. The monoisotopic (exact) mass is 522 g/mol. The Labute approximate surface area is 219 Å². The Bertz CT molecular complexity index is 1320. The van der Waals surface area contributed by atoms with Gasteiger partial charge >= 0.3 is 0 Å². The summed E-state index contributed by atoms with van der Waals surface area (Å²) in [5.41, 5.74) is 2.48. The molecule has 0 atom stereocenters. The zero-order valence-corrected chi connectivity index (χ0v) is 21.0. The average molecular weight is 523 g/mol. The van der Waals surface area contributed by atoms with Gasteiger partial charge in [-0.25, -0.2) is 0 Å². The first-order valence-corrected chi connectivity index (χ1v) is 11.9. The minimum absolute atomic E-state index is 0.189. The van der Waals surface area contributed by atoms with E-state index in [4.69, 9.17) is 37.4 Å².